The average molecular weight is 556 g/mol. The highest BCUT2D eigenvalue weighted by Crippen LogP contribution is 2.36. The number of halogens is 1. The van der Waals surface area contributed by atoms with Crippen LogP contribution in [0.5, 0.6) is 11.5 Å². The van der Waals surface area contributed by atoms with Crippen LogP contribution >= 0.6 is 27.3 Å². The Hall–Kier alpha value is -2.91. The topological polar surface area (TPSA) is 80.8 Å². The van der Waals surface area contributed by atoms with Crippen LogP contribution in [0.15, 0.2) is 46.4 Å². The number of amides is 2. The fraction of sp³-hybridized carbons (Fsp3) is 0.346. The number of hydrogen-bond acceptors (Lipinski definition) is 6. The van der Waals surface area contributed by atoms with Crippen molar-refractivity contribution in [1.29, 1.82) is 0 Å². The molecule has 7 nitrogen and oxygen atoms in total. The van der Waals surface area contributed by atoms with Crippen molar-refractivity contribution in [2.24, 2.45) is 5.92 Å². The number of ether oxygens (including phenoxy) is 2. The number of nitrogens with zero attached hydrogens (tertiary/aromatic N) is 2. The normalized spacial score (nSPS) is 14.5. The minimum Gasteiger partial charge on any atom is -0.486 e. The van der Waals surface area contributed by atoms with Gasteiger partial charge in [-0.3, -0.25) is 9.59 Å². The summed E-state index contributed by atoms with van der Waals surface area (Å²) in [6.07, 6.45) is 2.24. The van der Waals surface area contributed by atoms with E-state index in [1.54, 1.807) is 18.2 Å². The van der Waals surface area contributed by atoms with Gasteiger partial charge >= 0.3 is 0 Å². The first-order valence-corrected chi connectivity index (χ1v) is 13.3. The van der Waals surface area contributed by atoms with Crippen LogP contribution in [0.4, 0.5) is 0 Å². The summed E-state index contributed by atoms with van der Waals surface area (Å²) in [5, 5.41) is 2.94. The van der Waals surface area contributed by atoms with E-state index in [0.29, 0.717) is 65.4 Å². The standard InChI is InChI=1S/C26H26BrN3O4S/c1-16-5-9-18(10-6-16)23-21(29-26(27)35-23)25(32)30(15-17-7-8-17)12-11-28-24(31)19-3-2-4-20-22(19)34-14-13-33-20/h2-6,9-10,17H,7-8,11-15H2,1H3,(H,28,31). The maximum atomic E-state index is 13.6. The first-order valence-electron chi connectivity index (χ1n) is 11.7. The molecule has 1 aliphatic heterocycles. The van der Waals surface area contributed by atoms with Crippen molar-refractivity contribution in [1.82, 2.24) is 15.2 Å². The van der Waals surface area contributed by atoms with Gasteiger partial charge in [-0.05, 0) is 59.3 Å². The fourth-order valence-corrected chi connectivity index (χ4v) is 5.48. The van der Waals surface area contributed by atoms with Crippen LogP contribution in [0.3, 0.4) is 0 Å². The second kappa shape index (κ2) is 10.4. The second-order valence-electron chi connectivity index (χ2n) is 8.79. The Balaban J connectivity index is 1.30. The van der Waals surface area contributed by atoms with Gasteiger partial charge in [0, 0.05) is 19.6 Å². The Labute approximate surface area is 216 Å². The van der Waals surface area contributed by atoms with E-state index in [9.17, 15) is 9.59 Å². The molecule has 2 amide bonds. The van der Waals surface area contributed by atoms with Crippen molar-refractivity contribution in [3.63, 3.8) is 0 Å². The summed E-state index contributed by atoms with van der Waals surface area (Å²) in [4.78, 5) is 33.7. The lowest BCUT2D eigenvalue weighted by molar-refractivity contribution is 0.0736. The SMILES string of the molecule is Cc1ccc(-c2sc(Br)nc2C(=O)N(CCNC(=O)c2cccc3c2OCCO3)CC2CC2)cc1. The molecule has 0 atom stereocenters. The van der Waals surface area contributed by atoms with Gasteiger partial charge in [-0.1, -0.05) is 35.9 Å². The number of aromatic nitrogens is 1. The number of fused-ring (bicyclic) bond motifs is 1. The predicted molar refractivity (Wildman–Crippen MR) is 138 cm³/mol. The van der Waals surface area contributed by atoms with Gasteiger partial charge in [-0.15, -0.1) is 11.3 Å². The van der Waals surface area contributed by atoms with Crippen LogP contribution in [-0.2, 0) is 0 Å². The smallest absolute Gasteiger partial charge is 0.274 e. The monoisotopic (exact) mass is 555 g/mol. The van der Waals surface area contributed by atoms with Gasteiger partial charge in [-0.2, -0.15) is 0 Å². The zero-order valence-corrected chi connectivity index (χ0v) is 21.8. The maximum absolute atomic E-state index is 13.6. The van der Waals surface area contributed by atoms with Crippen LogP contribution in [0.25, 0.3) is 10.4 Å². The molecule has 3 aromatic rings. The molecule has 1 fully saturated rings. The summed E-state index contributed by atoms with van der Waals surface area (Å²) >= 11 is 4.92. The number of carbonyl (C=O) groups is 2. The molecule has 1 aromatic heterocycles. The molecule has 2 aliphatic rings. The Kier molecular flexibility index (Phi) is 7.06. The molecule has 2 heterocycles. The number of nitrogens with one attached hydrogen (secondary N) is 1. The van der Waals surface area contributed by atoms with Crippen molar-refractivity contribution in [2.75, 3.05) is 32.8 Å². The van der Waals surface area contributed by atoms with E-state index < -0.39 is 0 Å². The third-order valence-electron chi connectivity index (χ3n) is 6.06. The van der Waals surface area contributed by atoms with Crippen molar-refractivity contribution in [3.05, 3.63) is 63.2 Å². The highest BCUT2D eigenvalue weighted by molar-refractivity contribution is 9.11. The van der Waals surface area contributed by atoms with Crippen LogP contribution in [0, 0.1) is 12.8 Å². The average Bonchev–Trinajstić information content (AvgIpc) is 3.61. The molecule has 5 rings (SSSR count). The maximum Gasteiger partial charge on any atom is 0.274 e. The molecular formula is C26H26BrN3O4S. The molecule has 1 N–H and O–H groups in total. The Morgan fingerprint density at radius 1 is 1.14 bits per heavy atom. The lowest BCUT2D eigenvalue weighted by Gasteiger charge is -2.23. The van der Waals surface area contributed by atoms with E-state index in [1.165, 1.54) is 11.3 Å². The third kappa shape index (κ3) is 5.51. The van der Waals surface area contributed by atoms with Crippen molar-refractivity contribution < 1.29 is 19.1 Å². The molecule has 0 bridgehead atoms. The molecule has 0 radical (unpaired) electrons. The Bertz CT molecular complexity index is 1240. The lowest BCUT2D eigenvalue weighted by atomic mass is 10.1. The zero-order chi connectivity index (χ0) is 24.4. The summed E-state index contributed by atoms with van der Waals surface area (Å²) in [7, 11) is 0. The van der Waals surface area contributed by atoms with Crippen LogP contribution < -0.4 is 14.8 Å². The van der Waals surface area contributed by atoms with Crippen molar-refractivity contribution in [3.8, 4) is 21.9 Å². The van der Waals surface area contributed by atoms with E-state index in [2.05, 4.69) is 26.2 Å². The van der Waals surface area contributed by atoms with Crippen LogP contribution in [-0.4, -0.2) is 54.5 Å². The van der Waals surface area contributed by atoms with Gasteiger partial charge in [-0.25, -0.2) is 4.98 Å². The summed E-state index contributed by atoms with van der Waals surface area (Å²) in [5.74, 6) is 1.19. The van der Waals surface area contributed by atoms with Crippen LogP contribution in [0.2, 0.25) is 0 Å². The third-order valence-corrected chi connectivity index (χ3v) is 7.61. The highest BCUT2D eigenvalue weighted by Gasteiger charge is 2.30. The second-order valence-corrected chi connectivity index (χ2v) is 11.1. The van der Waals surface area contributed by atoms with Gasteiger partial charge in [0.1, 0.15) is 18.9 Å². The van der Waals surface area contributed by atoms with E-state index in [0.717, 1.165) is 28.8 Å². The zero-order valence-electron chi connectivity index (χ0n) is 19.4. The molecule has 35 heavy (non-hydrogen) atoms. The van der Waals surface area contributed by atoms with Gasteiger partial charge in [0.2, 0.25) is 0 Å². The number of para-hydroxylation sites is 1. The highest BCUT2D eigenvalue weighted by atomic mass is 79.9. The quantitative estimate of drug-likeness (QED) is 0.426. The molecule has 1 aliphatic carbocycles. The number of aryl methyl sites for hydroxylation is 1. The van der Waals surface area contributed by atoms with Crippen molar-refractivity contribution in [2.45, 2.75) is 19.8 Å². The number of thiazole rings is 1. The van der Waals surface area contributed by atoms with Crippen molar-refractivity contribution >= 4 is 39.1 Å². The molecular weight excluding hydrogens is 530 g/mol. The van der Waals surface area contributed by atoms with Gasteiger partial charge < -0.3 is 19.7 Å². The number of rotatable bonds is 8. The summed E-state index contributed by atoms with van der Waals surface area (Å²) in [6.45, 7) is 4.30. The van der Waals surface area contributed by atoms with E-state index in [-0.39, 0.29) is 11.8 Å². The Morgan fingerprint density at radius 3 is 2.69 bits per heavy atom. The van der Waals surface area contributed by atoms with E-state index >= 15 is 0 Å². The molecule has 0 spiro atoms. The minimum atomic E-state index is -0.247. The lowest BCUT2D eigenvalue weighted by Crippen LogP contribution is -2.40. The fourth-order valence-electron chi connectivity index (χ4n) is 4.03. The number of carbonyl (C=O) groups excluding carboxylic acids is 2. The number of hydrogen-bond donors (Lipinski definition) is 1. The number of benzene rings is 2. The Morgan fingerprint density at radius 2 is 1.91 bits per heavy atom. The van der Waals surface area contributed by atoms with Gasteiger partial charge in [0.05, 0.1) is 10.4 Å². The predicted octanol–water partition coefficient (Wildman–Crippen LogP) is 4.93. The molecule has 1 saturated carbocycles. The van der Waals surface area contributed by atoms with Gasteiger partial charge in [0.25, 0.3) is 11.8 Å². The first-order chi connectivity index (χ1) is 17.0. The van der Waals surface area contributed by atoms with E-state index in [4.69, 9.17) is 9.47 Å². The molecule has 182 valence electrons. The molecule has 0 saturated heterocycles. The molecule has 9 heteroatoms. The minimum absolute atomic E-state index is 0.113. The van der Waals surface area contributed by atoms with E-state index in [1.807, 2.05) is 36.1 Å². The summed E-state index contributed by atoms with van der Waals surface area (Å²) < 4.78 is 11.9. The first kappa shape index (κ1) is 23.8. The van der Waals surface area contributed by atoms with Crippen LogP contribution in [0.1, 0.15) is 39.3 Å². The molecule has 2 aromatic carbocycles. The summed E-state index contributed by atoms with van der Waals surface area (Å²) in [6, 6.07) is 13.4. The molecule has 0 unspecified atom stereocenters. The largest absolute Gasteiger partial charge is 0.486 e. The van der Waals surface area contributed by atoms with Gasteiger partial charge in [0.15, 0.2) is 15.4 Å². The summed E-state index contributed by atoms with van der Waals surface area (Å²) in [5.41, 5.74) is 3.01.